The first-order chi connectivity index (χ1) is 9.79. The molecule has 0 radical (unpaired) electrons. The second-order valence-electron chi connectivity index (χ2n) is 5.36. The Morgan fingerprint density at radius 3 is 2.48 bits per heavy atom. The van der Waals surface area contributed by atoms with Crippen molar-refractivity contribution in [2.24, 2.45) is 0 Å². The quantitative estimate of drug-likeness (QED) is 0.895. The molecule has 1 aliphatic carbocycles. The van der Waals surface area contributed by atoms with Gasteiger partial charge in [0.25, 0.3) is 0 Å². The zero-order chi connectivity index (χ0) is 15.6. The Kier molecular flexibility index (Phi) is 4.78. The SMILES string of the molecule is CS(=O)(=O)C1CCCC1N(CC(=O)O)c1ccc(Cl)cc1. The third-order valence-corrected chi connectivity index (χ3v) is 5.73. The van der Waals surface area contributed by atoms with E-state index < -0.39 is 21.1 Å². The van der Waals surface area contributed by atoms with Crippen molar-refractivity contribution in [3.63, 3.8) is 0 Å². The third kappa shape index (κ3) is 3.89. The average molecular weight is 332 g/mol. The van der Waals surface area contributed by atoms with Crippen molar-refractivity contribution in [3.8, 4) is 0 Å². The van der Waals surface area contributed by atoms with Crippen LogP contribution in [0, 0.1) is 0 Å². The first kappa shape index (κ1) is 16.1. The van der Waals surface area contributed by atoms with Gasteiger partial charge in [0, 0.05) is 23.0 Å². The molecule has 2 rings (SSSR count). The van der Waals surface area contributed by atoms with Gasteiger partial charge in [-0.3, -0.25) is 4.79 Å². The average Bonchev–Trinajstić information content (AvgIpc) is 2.85. The summed E-state index contributed by atoms with van der Waals surface area (Å²) < 4.78 is 23.8. The fourth-order valence-electron chi connectivity index (χ4n) is 2.94. The van der Waals surface area contributed by atoms with Crippen LogP contribution in [0.3, 0.4) is 0 Å². The normalized spacial score (nSPS) is 22.2. The maximum Gasteiger partial charge on any atom is 0.323 e. The number of aliphatic carboxylic acids is 1. The smallest absolute Gasteiger partial charge is 0.323 e. The van der Waals surface area contributed by atoms with Crippen molar-refractivity contribution in [1.82, 2.24) is 0 Å². The molecule has 1 fully saturated rings. The number of benzene rings is 1. The summed E-state index contributed by atoms with van der Waals surface area (Å²) in [6.07, 6.45) is 3.25. The lowest BCUT2D eigenvalue weighted by Gasteiger charge is -2.33. The Bertz CT molecular complexity index is 614. The standard InChI is InChI=1S/C14H18ClNO4S/c1-21(19,20)13-4-2-3-12(13)16(9-14(17)18)11-7-5-10(15)6-8-11/h5-8,12-13H,2-4,9H2,1H3,(H,17,18). The predicted octanol–water partition coefficient (Wildman–Crippen LogP) is 2.20. The van der Waals surface area contributed by atoms with Crippen molar-refractivity contribution in [1.29, 1.82) is 0 Å². The molecule has 0 saturated heterocycles. The zero-order valence-corrected chi connectivity index (χ0v) is 13.3. The van der Waals surface area contributed by atoms with Crippen molar-refractivity contribution in [3.05, 3.63) is 29.3 Å². The number of hydrogen-bond acceptors (Lipinski definition) is 4. The summed E-state index contributed by atoms with van der Waals surface area (Å²) in [6, 6.07) is 6.50. The number of hydrogen-bond donors (Lipinski definition) is 1. The highest BCUT2D eigenvalue weighted by Gasteiger charge is 2.39. The van der Waals surface area contributed by atoms with Crippen molar-refractivity contribution >= 4 is 33.1 Å². The van der Waals surface area contributed by atoms with Gasteiger partial charge in [-0.05, 0) is 43.5 Å². The molecule has 2 atom stereocenters. The zero-order valence-electron chi connectivity index (χ0n) is 11.7. The minimum absolute atomic E-state index is 0.224. The summed E-state index contributed by atoms with van der Waals surface area (Å²) in [5.74, 6) is -0.982. The van der Waals surface area contributed by atoms with E-state index in [0.717, 1.165) is 6.42 Å². The van der Waals surface area contributed by atoms with Gasteiger partial charge in [0.15, 0.2) is 9.84 Å². The van der Waals surface area contributed by atoms with E-state index in [4.69, 9.17) is 16.7 Å². The van der Waals surface area contributed by atoms with E-state index in [1.165, 1.54) is 6.26 Å². The van der Waals surface area contributed by atoms with Crippen LogP contribution in [0.4, 0.5) is 5.69 Å². The van der Waals surface area contributed by atoms with Crippen molar-refractivity contribution in [2.45, 2.75) is 30.6 Å². The lowest BCUT2D eigenvalue weighted by molar-refractivity contribution is -0.135. The van der Waals surface area contributed by atoms with Crippen LogP contribution in [0.2, 0.25) is 5.02 Å². The Labute approximate surface area is 129 Å². The van der Waals surface area contributed by atoms with Crippen LogP contribution in [0.25, 0.3) is 0 Å². The van der Waals surface area contributed by atoms with Gasteiger partial charge < -0.3 is 10.0 Å². The van der Waals surface area contributed by atoms with E-state index in [1.54, 1.807) is 29.2 Å². The summed E-state index contributed by atoms with van der Waals surface area (Å²) in [6.45, 7) is -0.224. The summed E-state index contributed by atoms with van der Waals surface area (Å²) in [5.41, 5.74) is 0.683. The molecule has 0 aliphatic heterocycles. The molecule has 7 heteroatoms. The highest BCUT2D eigenvalue weighted by Crippen LogP contribution is 2.32. The molecule has 1 aliphatic rings. The molecule has 1 aromatic rings. The molecule has 5 nitrogen and oxygen atoms in total. The van der Waals surface area contributed by atoms with Crippen LogP contribution in [-0.4, -0.2) is 43.6 Å². The molecule has 21 heavy (non-hydrogen) atoms. The van der Waals surface area contributed by atoms with Crippen LogP contribution < -0.4 is 4.90 Å². The minimum atomic E-state index is -3.21. The number of anilines is 1. The Balaban J connectivity index is 2.35. The number of sulfone groups is 1. The maximum absolute atomic E-state index is 11.9. The van der Waals surface area contributed by atoms with Crippen LogP contribution in [0.5, 0.6) is 0 Å². The number of rotatable bonds is 5. The van der Waals surface area contributed by atoms with E-state index in [1.807, 2.05) is 0 Å². The fraction of sp³-hybridized carbons (Fsp3) is 0.500. The van der Waals surface area contributed by atoms with Crippen molar-refractivity contribution < 1.29 is 18.3 Å². The summed E-state index contributed by atoms with van der Waals surface area (Å²) in [7, 11) is -3.21. The second-order valence-corrected chi connectivity index (χ2v) is 8.07. The molecule has 0 spiro atoms. The molecule has 1 saturated carbocycles. The van der Waals surface area contributed by atoms with E-state index in [-0.39, 0.29) is 12.6 Å². The predicted molar refractivity (Wildman–Crippen MR) is 82.7 cm³/mol. The molecular formula is C14H18ClNO4S. The van der Waals surface area contributed by atoms with E-state index in [2.05, 4.69) is 0 Å². The van der Waals surface area contributed by atoms with Gasteiger partial charge >= 0.3 is 5.97 Å². The van der Waals surface area contributed by atoms with E-state index >= 15 is 0 Å². The number of halogens is 1. The number of carboxylic acid groups (broad SMARTS) is 1. The molecule has 0 aromatic heterocycles. The van der Waals surface area contributed by atoms with Crippen molar-refractivity contribution in [2.75, 3.05) is 17.7 Å². The maximum atomic E-state index is 11.9. The molecule has 1 aromatic carbocycles. The first-order valence-corrected chi connectivity index (χ1v) is 9.05. The molecule has 116 valence electrons. The highest BCUT2D eigenvalue weighted by atomic mass is 35.5. The van der Waals surface area contributed by atoms with Crippen LogP contribution in [0.1, 0.15) is 19.3 Å². The summed E-state index contributed by atoms with van der Waals surface area (Å²) in [4.78, 5) is 12.8. The van der Waals surface area contributed by atoms with Gasteiger partial charge in [0.1, 0.15) is 6.54 Å². The molecule has 1 N–H and O–H groups in total. The van der Waals surface area contributed by atoms with Gasteiger partial charge in [-0.2, -0.15) is 0 Å². The highest BCUT2D eigenvalue weighted by molar-refractivity contribution is 7.91. The minimum Gasteiger partial charge on any atom is -0.480 e. The van der Waals surface area contributed by atoms with Gasteiger partial charge in [-0.1, -0.05) is 11.6 Å². The Morgan fingerprint density at radius 2 is 1.95 bits per heavy atom. The van der Waals surface area contributed by atoms with Gasteiger partial charge in [0.2, 0.25) is 0 Å². The van der Waals surface area contributed by atoms with Gasteiger partial charge in [-0.25, -0.2) is 8.42 Å². The lowest BCUT2D eigenvalue weighted by atomic mass is 10.1. The lowest BCUT2D eigenvalue weighted by Crippen LogP contribution is -2.46. The van der Waals surface area contributed by atoms with Crippen LogP contribution in [-0.2, 0) is 14.6 Å². The number of nitrogens with zero attached hydrogens (tertiary/aromatic N) is 1. The molecule has 0 bridgehead atoms. The monoisotopic (exact) mass is 331 g/mol. The third-order valence-electron chi connectivity index (χ3n) is 3.83. The van der Waals surface area contributed by atoms with Gasteiger partial charge in [-0.15, -0.1) is 0 Å². The largest absolute Gasteiger partial charge is 0.480 e. The summed E-state index contributed by atoms with van der Waals surface area (Å²) >= 11 is 5.85. The second kappa shape index (κ2) is 6.23. The van der Waals surface area contributed by atoms with Crippen LogP contribution >= 0.6 is 11.6 Å². The van der Waals surface area contributed by atoms with Crippen LogP contribution in [0.15, 0.2) is 24.3 Å². The number of carboxylic acids is 1. The molecule has 0 heterocycles. The number of carbonyl (C=O) groups is 1. The first-order valence-electron chi connectivity index (χ1n) is 6.72. The topological polar surface area (TPSA) is 74.7 Å². The Morgan fingerprint density at radius 1 is 1.33 bits per heavy atom. The van der Waals surface area contributed by atoms with E-state index in [9.17, 15) is 13.2 Å². The Hall–Kier alpha value is -1.27. The summed E-state index contributed by atoms with van der Waals surface area (Å²) in [5, 5.41) is 9.17. The molecule has 2 unspecified atom stereocenters. The fourth-order valence-corrected chi connectivity index (χ4v) is 4.52. The molecule has 0 amide bonds. The molecular weight excluding hydrogens is 314 g/mol. The van der Waals surface area contributed by atoms with E-state index in [0.29, 0.717) is 23.6 Å². The van der Waals surface area contributed by atoms with Gasteiger partial charge in [0.05, 0.1) is 5.25 Å².